The third kappa shape index (κ3) is 3.83. The van der Waals surface area contributed by atoms with Gasteiger partial charge in [0.25, 0.3) is 0 Å². The van der Waals surface area contributed by atoms with Crippen LogP contribution in [-0.4, -0.2) is 14.2 Å². The summed E-state index contributed by atoms with van der Waals surface area (Å²) >= 11 is 9.70. The molecule has 2 rings (SSSR count). The zero-order valence-corrected chi connectivity index (χ0v) is 14.5. The van der Waals surface area contributed by atoms with Crippen LogP contribution in [0.2, 0.25) is 5.02 Å². The minimum Gasteiger partial charge on any atom is -0.497 e. The third-order valence-corrected chi connectivity index (χ3v) is 4.28. The van der Waals surface area contributed by atoms with Crippen molar-refractivity contribution in [1.29, 1.82) is 0 Å². The van der Waals surface area contributed by atoms with Gasteiger partial charge in [0, 0.05) is 27.7 Å². The average Bonchev–Trinajstić information content (AvgIpc) is 2.49. The van der Waals surface area contributed by atoms with Crippen LogP contribution in [0, 0.1) is 6.92 Å². The number of rotatable bonds is 5. The first kappa shape index (κ1) is 16.0. The van der Waals surface area contributed by atoms with Crippen molar-refractivity contribution in [3.8, 4) is 11.5 Å². The molecule has 0 heterocycles. The van der Waals surface area contributed by atoms with Gasteiger partial charge in [0.2, 0.25) is 0 Å². The Morgan fingerprint density at radius 1 is 1.14 bits per heavy atom. The monoisotopic (exact) mass is 369 g/mol. The van der Waals surface area contributed by atoms with Crippen molar-refractivity contribution in [3.63, 3.8) is 0 Å². The van der Waals surface area contributed by atoms with Gasteiger partial charge in [-0.1, -0.05) is 11.6 Å². The highest BCUT2D eigenvalue weighted by atomic mass is 79.9. The molecule has 0 atom stereocenters. The Morgan fingerprint density at radius 3 is 2.57 bits per heavy atom. The van der Waals surface area contributed by atoms with Crippen molar-refractivity contribution in [2.45, 2.75) is 13.5 Å². The molecule has 0 saturated carbocycles. The first-order valence-electron chi connectivity index (χ1n) is 6.45. The minimum absolute atomic E-state index is 0.630. The largest absolute Gasteiger partial charge is 0.497 e. The molecule has 2 aromatic rings. The summed E-state index contributed by atoms with van der Waals surface area (Å²) in [5, 5.41) is 4.10. The first-order valence-corrected chi connectivity index (χ1v) is 7.62. The third-order valence-electron chi connectivity index (χ3n) is 3.21. The maximum atomic E-state index is 6.16. The maximum absolute atomic E-state index is 6.16. The molecule has 21 heavy (non-hydrogen) atoms. The molecule has 0 radical (unpaired) electrons. The number of aryl methyl sites for hydroxylation is 1. The van der Waals surface area contributed by atoms with Crippen LogP contribution in [-0.2, 0) is 6.54 Å². The molecule has 0 aromatic heterocycles. The zero-order valence-electron chi connectivity index (χ0n) is 12.2. The molecule has 0 saturated heterocycles. The SMILES string of the molecule is COc1ccc(CNc2cc(Cl)c(C)cc2Br)c(OC)c1. The van der Waals surface area contributed by atoms with Crippen molar-refractivity contribution in [2.24, 2.45) is 0 Å². The fourth-order valence-electron chi connectivity index (χ4n) is 1.97. The van der Waals surface area contributed by atoms with Gasteiger partial charge >= 0.3 is 0 Å². The second-order valence-corrected chi connectivity index (χ2v) is 5.87. The zero-order chi connectivity index (χ0) is 15.4. The van der Waals surface area contributed by atoms with Crippen LogP contribution in [0.1, 0.15) is 11.1 Å². The Bertz CT molecular complexity index is 646. The highest BCUT2D eigenvalue weighted by molar-refractivity contribution is 9.10. The predicted molar refractivity (Wildman–Crippen MR) is 90.8 cm³/mol. The maximum Gasteiger partial charge on any atom is 0.127 e. The van der Waals surface area contributed by atoms with Gasteiger partial charge in [-0.15, -0.1) is 0 Å². The lowest BCUT2D eigenvalue weighted by molar-refractivity contribution is 0.391. The van der Waals surface area contributed by atoms with Gasteiger partial charge in [-0.25, -0.2) is 0 Å². The minimum atomic E-state index is 0.630. The molecule has 0 unspecified atom stereocenters. The molecule has 3 nitrogen and oxygen atoms in total. The summed E-state index contributed by atoms with van der Waals surface area (Å²) < 4.78 is 11.6. The Hall–Kier alpha value is -1.39. The van der Waals surface area contributed by atoms with Gasteiger partial charge in [0.15, 0.2) is 0 Å². The predicted octanol–water partition coefficient (Wildman–Crippen LogP) is 5.04. The molecule has 2 aromatic carbocycles. The fourth-order valence-corrected chi connectivity index (χ4v) is 2.73. The van der Waals surface area contributed by atoms with Gasteiger partial charge in [0.1, 0.15) is 11.5 Å². The highest BCUT2D eigenvalue weighted by Gasteiger charge is 2.08. The van der Waals surface area contributed by atoms with E-state index in [1.165, 1.54) is 0 Å². The molecule has 0 spiro atoms. The van der Waals surface area contributed by atoms with Crippen LogP contribution < -0.4 is 14.8 Å². The van der Waals surface area contributed by atoms with E-state index in [1.54, 1.807) is 14.2 Å². The van der Waals surface area contributed by atoms with Crippen LogP contribution in [0.4, 0.5) is 5.69 Å². The van der Waals surface area contributed by atoms with E-state index in [1.807, 2.05) is 37.3 Å². The Labute approximate surface area is 138 Å². The fraction of sp³-hybridized carbons (Fsp3) is 0.250. The lowest BCUT2D eigenvalue weighted by atomic mass is 10.1. The van der Waals surface area contributed by atoms with E-state index < -0.39 is 0 Å². The number of benzene rings is 2. The number of hydrogen-bond donors (Lipinski definition) is 1. The van der Waals surface area contributed by atoms with Crippen LogP contribution in [0.3, 0.4) is 0 Å². The molecular formula is C16H17BrClNO2. The summed E-state index contributed by atoms with van der Waals surface area (Å²) in [6.07, 6.45) is 0. The molecule has 0 bridgehead atoms. The molecule has 0 aliphatic rings. The number of halogens is 2. The van der Waals surface area contributed by atoms with E-state index >= 15 is 0 Å². The first-order chi connectivity index (χ1) is 10.0. The summed E-state index contributed by atoms with van der Waals surface area (Å²) in [6, 6.07) is 9.67. The summed E-state index contributed by atoms with van der Waals surface area (Å²) in [6.45, 7) is 2.61. The van der Waals surface area contributed by atoms with Crippen LogP contribution in [0.5, 0.6) is 11.5 Å². The molecule has 112 valence electrons. The number of anilines is 1. The van der Waals surface area contributed by atoms with Gasteiger partial charge < -0.3 is 14.8 Å². The van der Waals surface area contributed by atoms with E-state index in [4.69, 9.17) is 21.1 Å². The average molecular weight is 371 g/mol. The molecule has 0 amide bonds. The van der Waals surface area contributed by atoms with Crippen molar-refractivity contribution < 1.29 is 9.47 Å². The van der Waals surface area contributed by atoms with Gasteiger partial charge in [-0.2, -0.15) is 0 Å². The molecule has 5 heteroatoms. The van der Waals surface area contributed by atoms with Crippen LogP contribution >= 0.6 is 27.5 Å². The van der Waals surface area contributed by atoms with Crippen molar-refractivity contribution >= 4 is 33.2 Å². The topological polar surface area (TPSA) is 30.5 Å². The molecule has 0 aliphatic heterocycles. The summed E-state index contributed by atoms with van der Waals surface area (Å²) in [4.78, 5) is 0. The van der Waals surface area contributed by atoms with Crippen molar-refractivity contribution in [1.82, 2.24) is 0 Å². The highest BCUT2D eigenvalue weighted by Crippen LogP contribution is 2.31. The smallest absolute Gasteiger partial charge is 0.127 e. The standard InChI is InChI=1S/C16H17BrClNO2/c1-10-6-13(17)15(8-14(10)18)19-9-11-4-5-12(20-2)7-16(11)21-3/h4-8,19H,9H2,1-3H3. The Morgan fingerprint density at radius 2 is 1.90 bits per heavy atom. The second kappa shape index (κ2) is 7.05. The summed E-state index contributed by atoms with van der Waals surface area (Å²) in [5.41, 5.74) is 3.03. The summed E-state index contributed by atoms with van der Waals surface area (Å²) in [5.74, 6) is 1.56. The van der Waals surface area contributed by atoms with Crippen molar-refractivity contribution in [3.05, 3.63) is 51.0 Å². The van der Waals surface area contributed by atoms with E-state index in [9.17, 15) is 0 Å². The molecule has 0 aliphatic carbocycles. The van der Waals surface area contributed by atoms with Gasteiger partial charge in [-0.3, -0.25) is 0 Å². The molecule has 0 fully saturated rings. The summed E-state index contributed by atoms with van der Waals surface area (Å²) in [7, 11) is 3.29. The van der Waals surface area contributed by atoms with Crippen LogP contribution in [0.25, 0.3) is 0 Å². The number of ether oxygens (including phenoxy) is 2. The Balaban J connectivity index is 2.18. The van der Waals surface area contributed by atoms with Crippen LogP contribution in [0.15, 0.2) is 34.8 Å². The molecular weight excluding hydrogens is 354 g/mol. The number of methoxy groups -OCH3 is 2. The second-order valence-electron chi connectivity index (χ2n) is 4.61. The number of nitrogens with one attached hydrogen (secondary N) is 1. The normalized spacial score (nSPS) is 10.3. The van der Waals surface area contributed by atoms with E-state index in [0.717, 1.165) is 37.8 Å². The quantitative estimate of drug-likeness (QED) is 0.800. The lowest BCUT2D eigenvalue weighted by Crippen LogP contribution is -2.03. The van der Waals surface area contributed by atoms with Crippen molar-refractivity contribution in [2.75, 3.05) is 19.5 Å². The van der Waals surface area contributed by atoms with E-state index in [0.29, 0.717) is 6.54 Å². The number of hydrogen-bond acceptors (Lipinski definition) is 3. The van der Waals surface area contributed by atoms with Gasteiger partial charge in [-0.05, 0) is 52.7 Å². The lowest BCUT2D eigenvalue weighted by Gasteiger charge is -2.14. The Kier molecular flexibility index (Phi) is 5.37. The van der Waals surface area contributed by atoms with E-state index in [2.05, 4.69) is 21.2 Å². The van der Waals surface area contributed by atoms with Gasteiger partial charge in [0.05, 0.1) is 19.9 Å². The van der Waals surface area contributed by atoms with E-state index in [-0.39, 0.29) is 0 Å². The molecule has 1 N–H and O–H groups in total.